The number of rotatable bonds is 6. The summed E-state index contributed by atoms with van der Waals surface area (Å²) in [6, 6.07) is 4.22. The van der Waals surface area contributed by atoms with Crippen LogP contribution in [0.1, 0.15) is 71.1 Å². The van der Waals surface area contributed by atoms with E-state index in [1.807, 2.05) is 0 Å². The fourth-order valence-electron chi connectivity index (χ4n) is 3.39. The Bertz CT molecular complexity index is 467. The molecule has 0 saturated heterocycles. The van der Waals surface area contributed by atoms with Gasteiger partial charge in [0.05, 0.1) is 0 Å². The van der Waals surface area contributed by atoms with Crippen molar-refractivity contribution in [1.29, 1.82) is 0 Å². The van der Waals surface area contributed by atoms with Crippen LogP contribution in [0.15, 0.2) is 12.1 Å². The van der Waals surface area contributed by atoms with E-state index in [4.69, 9.17) is 5.11 Å². The molecule has 0 unspecified atom stereocenters. The molecule has 0 atom stereocenters. The lowest BCUT2D eigenvalue weighted by Crippen LogP contribution is -2.25. The highest BCUT2D eigenvalue weighted by molar-refractivity contribution is 5.47. The Balaban J connectivity index is 3.25. The molecule has 2 heteroatoms. The topological polar surface area (TPSA) is 40.5 Å². The van der Waals surface area contributed by atoms with Crippen molar-refractivity contribution in [3.63, 3.8) is 0 Å². The van der Waals surface area contributed by atoms with Gasteiger partial charge in [0.2, 0.25) is 0 Å². The smallest absolute Gasteiger partial charge is 0.122 e. The molecule has 0 radical (unpaired) electrons. The highest BCUT2D eigenvalue weighted by Crippen LogP contribution is 2.42. The molecule has 1 rings (SSSR count). The van der Waals surface area contributed by atoms with Gasteiger partial charge in [0.25, 0.3) is 0 Å². The van der Waals surface area contributed by atoms with Gasteiger partial charge < -0.3 is 10.2 Å². The fourth-order valence-corrected chi connectivity index (χ4v) is 3.39. The Hall–Kier alpha value is -1.02. The van der Waals surface area contributed by atoms with Gasteiger partial charge >= 0.3 is 0 Å². The molecule has 1 aromatic rings. The van der Waals surface area contributed by atoms with Crippen LogP contribution in [0.25, 0.3) is 0 Å². The van der Waals surface area contributed by atoms with Crippen LogP contribution in [0.2, 0.25) is 0 Å². The zero-order valence-corrected chi connectivity index (χ0v) is 14.6. The number of aromatic hydroxyl groups is 1. The van der Waals surface area contributed by atoms with Crippen LogP contribution in [0.5, 0.6) is 5.75 Å². The van der Waals surface area contributed by atoms with Crippen molar-refractivity contribution in [3.8, 4) is 5.75 Å². The number of aliphatic hydroxyl groups is 1. The molecule has 0 fully saturated rings. The Kier molecular flexibility index (Phi) is 5.86. The Labute approximate surface area is 130 Å². The third-order valence-electron chi connectivity index (χ3n) is 3.95. The predicted octanol–water partition coefficient (Wildman–Crippen LogP) is 4.59. The summed E-state index contributed by atoms with van der Waals surface area (Å²) in [6.45, 7) is 13.4. The summed E-state index contributed by atoms with van der Waals surface area (Å²) in [5.41, 5.74) is 3.42. The lowest BCUT2D eigenvalue weighted by atomic mass is 9.71. The second-order valence-corrected chi connectivity index (χ2v) is 7.95. The molecule has 120 valence electrons. The predicted molar refractivity (Wildman–Crippen MR) is 90.0 cm³/mol. The average molecular weight is 292 g/mol. The fraction of sp³-hybridized carbons (Fsp3) is 0.684. The molecule has 1 aromatic carbocycles. The maximum absolute atomic E-state index is 10.6. The third kappa shape index (κ3) is 5.03. The minimum atomic E-state index is -0.0680. The van der Waals surface area contributed by atoms with E-state index in [2.05, 4.69) is 53.7 Å². The van der Waals surface area contributed by atoms with Crippen LogP contribution in [0.3, 0.4) is 0 Å². The molecule has 0 spiro atoms. The van der Waals surface area contributed by atoms with Gasteiger partial charge in [-0.25, -0.2) is 0 Å². The Morgan fingerprint density at radius 1 is 1.05 bits per heavy atom. The van der Waals surface area contributed by atoms with Gasteiger partial charge in [-0.3, -0.25) is 0 Å². The lowest BCUT2D eigenvalue weighted by molar-refractivity contribution is 0.278. The lowest BCUT2D eigenvalue weighted by Gasteiger charge is -2.34. The maximum Gasteiger partial charge on any atom is 0.122 e. The van der Waals surface area contributed by atoms with E-state index < -0.39 is 0 Å². The molecule has 0 heterocycles. The van der Waals surface area contributed by atoms with E-state index in [0.717, 1.165) is 36.8 Å². The van der Waals surface area contributed by atoms with Crippen molar-refractivity contribution >= 4 is 0 Å². The average Bonchev–Trinajstić information content (AvgIpc) is 2.34. The van der Waals surface area contributed by atoms with Crippen LogP contribution in [-0.4, -0.2) is 16.8 Å². The van der Waals surface area contributed by atoms with Gasteiger partial charge in [0, 0.05) is 12.2 Å². The molecule has 2 nitrogen and oxygen atoms in total. The van der Waals surface area contributed by atoms with Crippen molar-refractivity contribution in [2.24, 2.45) is 5.41 Å². The van der Waals surface area contributed by atoms with E-state index in [1.165, 1.54) is 5.56 Å². The largest absolute Gasteiger partial charge is 0.507 e. The van der Waals surface area contributed by atoms with Gasteiger partial charge in [0.15, 0.2) is 0 Å². The normalized spacial score (nSPS) is 12.7. The number of aliphatic hydroxyl groups excluding tert-OH is 1. The molecule has 0 aliphatic heterocycles. The quantitative estimate of drug-likeness (QED) is 0.805. The van der Waals surface area contributed by atoms with E-state index in [1.54, 1.807) is 0 Å². The first kappa shape index (κ1) is 18.0. The van der Waals surface area contributed by atoms with Crippen LogP contribution in [-0.2, 0) is 18.3 Å². The monoisotopic (exact) mass is 292 g/mol. The Morgan fingerprint density at radius 2 is 1.67 bits per heavy atom. The van der Waals surface area contributed by atoms with Gasteiger partial charge in [-0.1, -0.05) is 53.7 Å². The second-order valence-electron chi connectivity index (χ2n) is 7.95. The van der Waals surface area contributed by atoms with Gasteiger partial charge in [-0.05, 0) is 47.6 Å². The summed E-state index contributed by atoms with van der Waals surface area (Å²) in [5.74, 6) is 0.458. The molecule has 0 bridgehead atoms. The molecule has 0 aliphatic rings. The zero-order chi connectivity index (χ0) is 16.3. The maximum atomic E-state index is 10.6. The number of aryl methyl sites for hydroxylation is 2. The van der Waals surface area contributed by atoms with Crippen LogP contribution in [0, 0.1) is 5.41 Å². The van der Waals surface area contributed by atoms with E-state index >= 15 is 0 Å². The summed E-state index contributed by atoms with van der Waals surface area (Å²) in [5, 5.41) is 19.7. The minimum Gasteiger partial charge on any atom is -0.507 e. The number of phenolic OH excluding ortho intramolecular Hbond substituents is 1. The SMILES string of the molecule is CCc1cc(CCCO)cc(C(C)(C)CC(C)(C)C)c1O. The highest BCUT2D eigenvalue weighted by atomic mass is 16.3. The Morgan fingerprint density at radius 3 is 2.14 bits per heavy atom. The van der Waals surface area contributed by atoms with Crippen molar-refractivity contribution in [3.05, 3.63) is 28.8 Å². The first-order chi connectivity index (χ1) is 9.60. The number of hydrogen-bond acceptors (Lipinski definition) is 2. The molecular weight excluding hydrogens is 260 g/mol. The molecule has 0 amide bonds. The van der Waals surface area contributed by atoms with Gasteiger partial charge in [0.1, 0.15) is 5.75 Å². The van der Waals surface area contributed by atoms with Crippen molar-refractivity contribution in [2.45, 2.75) is 72.6 Å². The number of phenols is 1. The molecule has 21 heavy (non-hydrogen) atoms. The van der Waals surface area contributed by atoms with Gasteiger partial charge in [-0.2, -0.15) is 0 Å². The molecular formula is C19H32O2. The van der Waals surface area contributed by atoms with E-state index in [0.29, 0.717) is 5.75 Å². The zero-order valence-electron chi connectivity index (χ0n) is 14.6. The summed E-state index contributed by atoms with van der Waals surface area (Å²) in [7, 11) is 0. The molecule has 2 N–H and O–H groups in total. The molecule has 0 aliphatic carbocycles. The van der Waals surface area contributed by atoms with Crippen molar-refractivity contribution in [2.75, 3.05) is 6.61 Å². The van der Waals surface area contributed by atoms with Crippen LogP contribution >= 0.6 is 0 Å². The standard InChI is InChI=1S/C19H32O2/c1-7-15-11-14(9-8-10-20)12-16(17(15)21)19(5,6)13-18(2,3)4/h11-12,20-21H,7-10,13H2,1-6H3. The summed E-state index contributed by atoms with van der Waals surface area (Å²) < 4.78 is 0. The number of hydrogen-bond donors (Lipinski definition) is 2. The first-order valence-corrected chi connectivity index (χ1v) is 8.07. The third-order valence-corrected chi connectivity index (χ3v) is 3.95. The summed E-state index contributed by atoms with van der Waals surface area (Å²) >= 11 is 0. The van der Waals surface area contributed by atoms with Crippen molar-refractivity contribution in [1.82, 2.24) is 0 Å². The highest BCUT2D eigenvalue weighted by Gasteiger charge is 2.30. The number of benzene rings is 1. The van der Waals surface area contributed by atoms with Gasteiger partial charge in [-0.15, -0.1) is 0 Å². The minimum absolute atomic E-state index is 0.0680. The summed E-state index contributed by atoms with van der Waals surface area (Å²) in [6.07, 6.45) is 3.48. The molecule has 0 saturated carbocycles. The summed E-state index contributed by atoms with van der Waals surface area (Å²) in [4.78, 5) is 0. The van der Waals surface area contributed by atoms with E-state index in [-0.39, 0.29) is 17.4 Å². The second kappa shape index (κ2) is 6.83. The van der Waals surface area contributed by atoms with Crippen LogP contribution in [0.4, 0.5) is 0 Å². The molecule has 0 aromatic heterocycles. The first-order valence-electron chi connectivity index (χ1n) is 8.07. The van der Waals surface area contributed by atoms with E-state index in [9.17, 15) is 5.11 Å². The van der Waals surface area contributed by atoms with Crippen molar-refractivity contribution < 1.29 is 10.2 Å². The van der Waals surface area contributed by atoms with Crippen LogP contribution < -0.4 is 0 Å².